The number of aliphatic imine (C=N–C) groups is 1. The van der Waals surface area contributed by atoms with Gasteiger partial charge in [0.25, 0.3) is 11.8 Å². The molecule has 0 bridgehead atoms. The zero-order valence-corrected chi connectivity index (χ0v) is 25.9. The fourth-order valence-corrected chi connectivity index (χ4v) is 5.94. The number of nitrogens with zero attached hydrogens (tertiary/aromatic N) is 10. The normalized spacial score (nSPS) is 22.5. The monoisotopic (exact) mass is 657 g/mol. The lowest BCUT2D eigenvalue weighted by Crippen LogP contribution is -2.58. The Morgan fingerprint density at radius 3 is 2.46 bits per heavy atom. The number of nitrogens with two attached hydrogens (primary N) is 5. The number of fused-ring (bicyclic) bond motifs is 1. The molecule has 0 radical (unpaired) electrons. The quantitative estimate of drug-likeness (QED) is 0.0692. The third kappa shape index (κ3) is 5.73. The molecule has 3 aliphatic rings. The fourth-order valence-electron chi connectivity index (χ4n) is 5.73. The highest BCUT2D eigenvalue weighted by atomic mass is 35.5. The van der Waals surface area contributed by atoms with Crippen LogP contribution < -0.4 is 39.8 Å². The topological polar surface area (TPSA) is 285 Å². The van der Waals surface area contributed by atoms with Gasteiger partial charge in [-0.3, -0.25) is 29.2 Å². The molecule has 1 aromatic heterocycles. The summed E-state index contributed by atoms with van der Waals surface area (Å²) in [6.07, 6.45) is 1.44. The minimum atomic E-state index is -1.15. The van der Waals surface area contributed by atoms with Crippen LogP contribution in [0, 0.1) is 0 Å². The van der Waals surface area contributed by atoms with Crippen LogP contribution in [0.4, 0.5) is 4.79 Å². The maximum absolute atomic E-state index is 13.7. The first-order valence-electron chi connectivity index (χ1n) is 14.2. The van der Waals surface area contributed by atoms with Crippen LogP contribution in [0.3, 0.4) is 0 Å². The lowest BCUT2D eigenvalue weighted by molar-refractivity contribution is -0.120. The number of carbonyl (C=O) groups is 3. The number of rotatable bonds is 5. The Kier molecular flexibility index (Phi) is 8.96. The minimum absolute atomic E-state index is 0.0219. The number of hydrogen-bond acceptors (Lipinski definition) is 12. The van der Waals surface area contributed by atoms with E-state index in [1.165, 1.54) is 14.6 Å². The highest BCUT2D eigenvalue weighted by Gasteiger charge is 2.49. The summed E-state index contributed by atoms with van der Waals surface area (Å²) in [6, 6.07) is 5.19. The van der Waals surface area contributed by atoms with Gasteiger partial charge in [-0.05, 0) is 44.9 Å². The van der Waals surface area contributed by atoms with Gasteiger partial charge in [-0.15, -0.1) is 10.2 Å². The Morgan fingerprint density at radius 1 is 1.09 bits per heavy atom. The number of amides is 3. The van der Waals surface area contributed by atoms with Crippen LogP contribution in [-0.4, -0.2) is 91.7 Å². The molecule has 1 aromatic carbocycles. The second kappa shape index (κ2) is 12.7. The van der Waals surface area contributed by atoms with Gasteiger partial charge in [-0.2, -0.15) is 4.99 Å². The van der Waals surface area contributed by atoms with Crippen LogP contribution in [0.25, 0.3) is 10.9 Å². The molecule has 2 unspecified atom stereocenters. The molecular weight excluding hydrogens is 622 g/mol. The first-order chi connectivity index (χ1) is 21.9. The van der Waals surface area contributed by atoms with Gasteiger partial charge in [0.15, 0.2) is 18.0 Å². The summed E-state index contributed by atoms with van der Waals surface area (Å²) in [5.74, 6) is 28.2. The smallest absolute Gasteiger partial charge is 0.342 e. The summed E-state index contributed by atoms with van der Waals surface area (Å²) in [5, 5.41) is 23.7. The summed E-state index contributed by atoms with van der Waals surface area (Å²) < 4.78 is 1.43. The van der Waals surface area contributed by atoms with Gasteiger partial charge in [0.05, 0.1) is 17.6 Å². The zero-order valence-electron chi connectivity index (χ0n) is 25.1. The minimum Gasteiger partial charge on any atom is -0.358 e. The second-order valence-corrected chi connectivity index (χ2v) is 11.7. The average Bonchev–Trinajstić information content (AvgIpc) is 3.57. The van der Waals surface area contributed by atoms with Crippen molar-refractivity contribution >= 4 is 46.3 Å². The van der Waals surface area contributed by atoms with E-state index in [9.17, 15) is 14.4 Å². The van der Waals surface area contributed by atoms with Gasteiger partial charge in [0, 0.05) is 36.3 Å². The van der Waals surface area contributed by atoms with E-state index in [0.717, 1.165) is 5.01 Å². The number of benzene rings is 1. The molecule has 1 spiro atoms. The van der Waals surface area contributed by atoms with Crippen molar-refractivity contribution < 1.29 is 14.4 Å². The molecule has 3 amide bonds. The van der Waals surface area contributed by atoms with Gasteiger partial charge < -0.3 is 27.2 Å². The number of likely N-dealkylation sites (tertiary alicyclic amines) is 1. The van der Waals surface area contributed by atoms with Gasteiger partial charge >= 0.3 is 6.03 Å². The molecule has 2 atom stereocenters. The predicted molar refractivity (Wildman–Crippen MR) is 166 cm³/mol. The number of halogens is 1. The van der Waals surface area contributed by atoms with E-state index < -0.39 is 29.7 Å². The van der Waals surface area contributed by atoms with Crippen molar-refractivity contribution in [1.82, 2.24) is 35.1 Å². The summed E-state index contributed by atoms with van der Waals surface area (Å²) in [7, 11) is 0. The molecule has 3 aliphatic heterocycles. The van der Waals surface area contributed by atoms with E-state index in [4.69, 9.17) is 40.8 Å². The lowest BCUT2D eigenvalue weighted by atomic mass is 9.87. The molecule has 2 fully saturated rings. The number of hydrazine groups is 3. The van der Waals surface area contributed by atoms with Crippen molar-refractivity contribution in [2.24, 2.45) is 54.9 Å². The Labute approximate surface area is 267 Å². The molecule has 4 heterocycles. The Bertz CT molecular complexity index is 1640. The number of hydrogen-bond donors (Lipinski definition) is 7. The summed E-state index contributed by atoms with van der Waals surface area (Å²) >= 11 is 6.18. The maximum atomic E-state index is 13.7. The summed E-state index contributed by atoms with van der Waals surface area (Å²) in [6.45, 7) is 4.58. The number of nitrogens with one attached hydrogen (secondary N) is 2. The standard InChI is InChI=1S/C25H36ClN17O3/c1-13(2)42(30)24(46)40-9-6-14-15(4-3-5-16(14)40)22(45)39-10-7-25(8-11-39)12-41(29)23(43(25)31)34-21(44)17-19(35-37-27)33-20(36-38-28)18(26)32-17/h3-6,9,13,17,19,32-33H,7-8,10-12,29-31H2,1-2H3,(H2,27,35)(H2,28,36)/b34-23+. The van der Waals surface area contributed by atoms with E-state index in [1.54, 1.807) is 35.4 Å². The van der Waals surface area contributed by atoms with Crippen molar-refractivity contribution in [3.05, 3.63) is 47.0 Å². The Balaban J connectivity index is 1.30. The van der Waals surface area contributed by atoms with Crippen LogP contribution in [0.1, 0.15) is 37.0 Å². The highest BCUT2D eigenvalue weighted by Crippen LogP contribution is 2.34. The van der Waals surface area contributed by atoms with E-state index in [0.29, 0.717) is 42.4 Å². The summed E-state index contributed by atoms with van der Waals surface area (Å²) in [4.78, 5) is 45.8. The van der Waals surface area contributed by atoms with Crippen molar-refractivity contribution in [3.8, 4) is 0 Å². The van der Waals surface area contributed by atoms with Crippen LogP contribution >= 0.6 is 11.6 Å². The first-order valence-corrected chi connectivity index (χ1v) is 14.6. The number of carbonyl (C=O) groups excluding carboxylic acids is 3. The third-order valence-electron chi connectivity index (χ3n) is 8.29. The Morgan fingerprint density at radius 2 is 1.80 bits per heavy atom. The predicted octanol–water partition coefficient (Wildman–Crippen LogP) is -0.679. The highest BCUT2D eigenvalue weighted by molar-refractivity contribution is 6.29. The molecule has 21 heteroatoms. The molecule has 2 aromatic rings. The van der Waals surface area contributed by atoms with Gasteiger partial charge in [-0.1, -0.05) is 28.1 Å². The third-order valence-corrected chi connectivity index (χ3v) is 8.58. The Hall–Kier alpha value is -5.05. The molecule has 46 heavy (non-hydrogen) atoms. The van der Waals surface area contributed by atoms with Gasteiger partial charge in [0.2, 0.25) is 5.96 Å². The van der Waals surface area contributed by atoms with E-state index in [1.807, 2.05) is 13.8 Å². The maximum Gasteiger partial charge on any atom is 0.342 e. The number of guanidine groups is 1. The van der Waals surface area contributed by atoms with Gasteiger partial charge in [-0.25, -0.2) is 22.3 Å². The molecule has 12 N–H and O–H groups in total. The van der Waals surface area contributed by atoms with E-state index in [2.05, 4.69) is 36.3 Å². The van der Waals surface area contributed by atoms with Crippen molar-refractivity contribution in [2.45, 2.75) is 50.5 Å². The zero-order chi connectivity index (χ0) is 33.3. The van der Waals surface area contributed by atoms with Crippen molar-refractivity contribution in [2.75, 3.05) is 19.6 Å². The fraction of sp³-hybridized carbons (Fsp3) is 0.440. The van der Waals surface area contributed by atoms with E-state index >= 15 is 0 Å². The molecule has 246 valence electrons. The van der Waals surface area contributed by atoms with Crippen molar-refractivity contribution in [3.63, 3.8) is 0 Å². The molecule has 20 nitrogen and oxygen atoms in total. The largest absolute Gasteiger partial charge is 0.358 e. The van der Waals surface area contributed by atoms with Crippen molar-refractivity contribution in [1.29, 1.82) is 0 Å². The second-order valence-electron chi connectivity index (χ2n) is 11.3. The van der Waals surface area contributed by atoms with Crippen LogP contribution in [-0.2, 0) is 4.79 Å². The summed E-state index contributed by atoms with van der Waals surface area (Å²) in [5.41, 5.74) is 0.330. The lowest BCUT2D eigenvalue weighted by Gasteiger charge is -2.42. The number of aromatic nitrogens is 1. The van der Waals surface area contributed by atoms with Crippen LogP contribution in [0.15, 0.2) is 67.1 Å². The van der Waals surface area contributed by atoms with Gasteiger partial charge in [0.1, 0.15) is 5.16 Å². The van der Waals surface area contributed by atoms with E-state index in [-0.39, 0.29) is 35.4 Å². The first kappa shape index (κ1) is 32.3. The molecule has 0 aliphatic carbocycles. The molecule has 5 rings (SSSR count). The average molecular weight is 658 g/mol. The SMILES string of the molecule is CC(C)N(N)C(=O)n1ccc2c(C(=O)N3CCC4(CC3)CN(N)/C(=N\C(=O)C3NC(Cl)=C(N=NN)NC3N=NN)N4N)cccc21. The number of piperidine rings is 1. The van der Waals surface area contributed by atoms with Crippen LogP contribution in [0.5, 0.6) is 0 Å². The molecular formula is C25H36ClN17O3. The molecule has 0 saturated carbocycles. The molecule has 2 saturated heterocycles. The van der Waals surface area contributed by atoms with Crippen LogP contribution in [0.2, 0.25) is 0 Å².